The molecule has 0 spiro atoms. The second kappa shape index (κ2) is 13.4. The van der Waals surface area contributed by atoms with Gasteiger partial charge in [0.25, 0.3) is 0 Å². The van der Waals surface area contributed by atoms with Crippen LogP contribution in [0.25, 0.3) is 87.7 Å². The zero-order chi connectivity index (χ0) is 38.9. The van der Waals surface area contributed by atoms with Gasteiger partial charge in [-0.3, -0.25) is 0 Å². The van der Waals surface area contributed by atoms with E-state index in [9.17, 15) is 0 Å². The van der Waals surface area contributed by atoms with Gasteiger partial charge < -0.3 is 14.0 Å². The Labute approximate surface area is 341 Å². The molecule has 3 nitrogen and oxygen atoms in total. The molecule has 276 valence electrons. The number of benzene rings is 10. The van der Waals surface area contributed by atoms with E-state index in [0.29, 0.717) is 0 Å². The standard InChI is InChI=1S/C56H37N3/c1-2-15-41(16-3-1)58-54-26-11-8-22-51(54)56-48(23-13-27-55(56)58)39-30-32-42(33-31-39)57(45-34-35-47-40(36-45)29-28-38-14-4-5-19-46(38)47)43-17-12-18-44(37-43)59-52-24-9-6-20-49(52)50-21-7-10-25-53(50)59/h1-37H. The molecule has 0 saturated heterocycles. The van der Waals surface area contributed by atoms with Gasteiger partial charge in [0.05, 0.1) is 22.1 Å². The number of rotatable bonds is 6. The average molecular weight is 752 g/mol. The first-order chi connectivity index (χ1) is 29.3. The van der Waals surface area contributed by atoms with Crippen molar-refractivity contribution < 1.29 is 0 Å². The molecule has 0 atom stereocenters. The van der Waals surface area contributed by atoms with Crippen molar-refractivity contribution in [1.82, 2.24) is 9.13 Å². The van der Waals surface area contributed by atoms with Crippen LogP contribution in [-0.4, -0.2) is 9.13 Å². The fraction of sp³-hybridized carbons (Fsp3) is 0. The van der Waals surface area contributed by atoms with Crippen LogP contribution >= 0.6 is 0 Å². The van der Waals surface area contributed by atoms with Crippen LogP contribution in [0.4, 0.5) is 17.1 Å². The molecule has 0 aliphatic heterocycles. The summed E-state index contributed by atoms with van der Waals surface area (Å²) in [5, 5.41) is 10.0. The number of anilines is 3. The molecule has 12 aromatic rings. The number of hydrogen-bond donors (Lipinski definition) is 0. The van der Waals surface area contributed by atoms with Crippen molar-refractivity contribution in [3.05, 3.63) is 224 Å². The minimum Gasteiger partial charge on any atom is -0.310 e. The fourth-order valence-electron chi connectivity index (χ4n) is 9.46. The fourth-order valence-corrected chi connectivity index (χ4v) is 9.46. The Balaban J connectivity index is 1.04. The van der Waals surface area contributed by atoms with Gasteiger partial charge in [0, 0.05) is 50.0 Å². The second-order valence-electron chi connectivity index (χ2n) is 15.4. The average Bonchev–Trinajstić information content (AvgIpc) is 3.83. The second-order valence-corrected chi connectivity index (χ2v) is 15.4. The summed E-state index contributed by atoms with van der Waals surface area (Å²) < 4.78 is 4.78. The van der Waals surface area contributed by atoms with Crippen LogP contribution in [-0.2, 0) is 0 Å². The van der Waals surface area contributed by atoms with Crippen LogP contribution in [0, 0.1) is 0 Å². The predicted molar refractivity (Wildman–Crippen MR) is 250 cm³/mol. The van der Waals surface area contributed by atoms with Gasteiger partial charge in [-0.1, -0.05) is 146 Å². The first kappa shape index (κ1) is 33.3. The summed E-state index contributed by atoms with van der Waals surface area (Å²) >= 11 is 0. The van der Waals surface area contributed by atoms with Crippen LogP contribution in [0.3, 0.4) is 0 Å². The Bertz CT molecular complexity index is 3500. The summed E-state index contributed by atoms with van der Waals surface area (Å²) in [5.41, 5.74) is 12.8. The molecule has 0 amide bonds. The summed E-state index contributed by atoms with van der Waals surface area (Å²) in [6.45, 7) is 0. The molecular formula is C56H37N3. The van der Waals surface area contributed by atoms with E-state index in [1.54, 1.807) is 0 Å². The minimum atomic E-state index is 1.09. The quantitative estimate of drug-likeness (QED) is 0.154. The molecule has 59 heavy (non-hydrogen) atoms. The van der Waals surface area contributed by atoms with Crippen LogP contribution in [0.2, 0.25) is 0 Å². The zero-order valence-electron chi connectivity index (χ0n) is 32.2. The van der Waals surface area contributed by atoms with E-state index >= 15 is 0 Å². The molecule has 2 aromatic heterocycles. The van der Waals surface area contributed by atoms with Crippen molar-refractivity contribution in [2.75, 3.05) is 4.90 Å². The molecule has 0 fully saturated rings. The van der Waals surface area contributed by atoms with Crippen molar-refractivity contribution in [1.29, 1.82) is 0 Å². The third kappa shape index (κ3) is 5.29. The molecule has 2 heterocycles. The maximum atomic E-state index is 2.40. The highest BCUT2D eigenvalue weighted by atomic mass is 15.1. The zero-order valence-corrected chi connectivity index (χ0v) is 32.2. The van der Waals surface area contributed by atoms with Gasteiger partial charge in [0.15, 0.2) is 0 Å². The van der Waals surface area contributed by atoms with E-state index in [2.05, 4.69) is 238 Å². The van der Waals surface area contributed by atoms with Gasteiger partial charge in [-0.25, -0.2) is 0 Å². The Morgan fingerprint density at radius 2 is 0.814 bits per heavy atom. The van der Waals surface area contributed by atoms with Crippen molar-refractivity contribution >= 4 is 82.2 Å². The first-order valence-electron chi connectivity index (χ1n) is 20.3. The maximum absolute atomic E-state index is 2.40. The van der Waals surface area contributed by atoms with Gasteiger partial charge in [-0.05, 0) is 112 Å². The van der Waals surface area contributed by atoms with Gasteiger partial charge in [-0.15, -0.1) is 0 Å². The van der Waals surface area contributed by atoms with Crippen LogP contribution in [0.5, 0.6) is 0 Å². The Kier molecular flexibility index (Phi) is 7.54. The smallest absolute Gasteiger partial charge is 0.0547 e. The summed E-state index contributed by atoms with van der Waals surface area (Å²) in [5.74, 6) is 0. The lowest BCUT2D eigenvalue weighted by Crippen LogP contribution is -2.10. The Morgan fingerprint density at radius 3 is 1.58 bits per heavy atom. The van der Waals surface area contributed by atoms with E-state index in [-0.39, 0.29) is 0 Å². The monoisotopic (exact) mass is 751 g/mol. The number of para-hydroxylation sites is 4. The molecular weight excluding hydrogens is 715 g/mol. The number of hydrogen-bond acceptors (Lipinski definition) is 1. The predicted octanol–water partition coefficient (Wildman–Crippen LogP) is 15.3. The van der Waals surface area contributed by atoms with Crippen molar-refractivity contribution in [2.24, 2.45) is 0 Å². The highest BCUT2D eigenvalue weighted by Gasteiger charge is 2.19. The highest BCUT2D eigenvalue weighted by molar-refractivity contribution is 6.16. The van der Waals surface area contributed by atoms with E-state index < -0.39 is 0 Å². The normalized spacial score (nSPS) is 11.7. The number of fused-ring (bicyclic) bond motifs is 9. The number of aromatic nitrogens is 2. The summed E-state index contributed by atoms with van der Waals surface area (Å²) in [4.78, 5) is 2.40. The summed E-state index contributed by atoms with van der Waals surface area (Å²) in [6, 6.07) is 81.7. The molecule has 0 aliphatic rings. The topological polar surface area (TPSA) is 13.1 Å². The maximum Gasteiger partial charge on any atom is 0.0547 e. The molecule has 10 aromatic carbocycles. The van der Waals surface area contributed by atoms with Gasteiger partial charge >= 0.3 is 0 Å². The molecule has 0 unspecified atom stereocenters. The van der Waals surface area contributed by atoms with E-state index in [0.717, 1.165) is 28.4 Å². The molecule has 0 N–H and O–H groups in total. The molecule has 3 heteroatoms. The summed E-state index contributed by atoms with van der Waals surface area (Å²) in [7, 11) is 0. The van der Waals surface area contributed by atoms with Crippen molar-refractivity contribution in [2.45, 2.75) is 0 Å². The lowest BCUT2D eigenvalue weighted by Gasteiger charge is -2.27. The van der Waals surface area contributed by atoms with Gasteiger partial charge in [0.1, 0.15) is 0 Å². The lowest BCUT2D eigenvalue weighted by molar-refractivity contribution is 1.17. The Morgan fingerprint density at radius 1 is 0.288 bits per heavy atom. The largest absolute Gasteiger partial charge is 0.310 e. The Hall–Kier alpha value is -7.88. The van der Waals surface area contributed by atoms with Crippen molar-refractivity contribution in [3.8, 4) is 22.5 Å². The third-order valence-electron chi connectivity index (χ3n) is 12.1. The number of nitrogens with zero attached hydrogens (tertiary/aromatic N) is 3. The van der Waals surface area contributed by atoms with Crippen LogP contribution in [0.1, 0.15) is 0 Å². The van der Waals surface area contributed by atoms with E-state index in [1.165, 1.54) is 76.3 Å². The van der Waals surface area contributed by atoms with Crippen molar-refractivity contribution in [3.63, 3.8) is 0 Å². The molecule has 0 bridgehead atoms. The summed E-state index contributed by atoms with van der Waals surface area (Å²) in [6.07, 6.45) is 0. The molecule has 0 saturated carbocycles. The van der Waals surface area contributed by atoms with Gasteiger partial charge in [0.2, 0.25) is 0 Å². The molecule has 0 radical (unpaired) electrons. The molecule has 0 aliphatic carbocycles. The first-order valence-corrected chi connectivity index (χ1v) is 20.3. The molecule has 12 rings (SSSR count). The SMILES string of the molecule is c1ccc(-n2c3ccccc3c3c(-c4ccc(N(c5cccc(-n6c7ccccc7c7ccccc76)c5)c5ccc6c(ccc7ccccc76)c5)cc4)cccc32)cc1. The van der Waals surface area contributed by atoms with E-state index in [1.807, 2.05) is 0 Å². The third-order valence-corrected chi connectivity index (χ3v) is 12.1. The minimum absolute atomic E-state index is 1.09. The lowest BCUT2D eigenvalue weighted by atomic mass is 9.98. The highest BCUT2D eigenvalue weighted by Crippen LogP contribution is 2.42. The van der Waals surface area contributed by atoms with E-state index in [4.69, 9.17) is 0 Å². The van der Waals surface area contributed by atoms with Crippen LogP contribution in [0.15, 0.2) is 224 Å². The van der Waals surface area contributed by atoms with Gasteiger partial charge in [-0.2, -0.15) is 0 Å². The van der Waals surface area contributed by atoms with Crippen LogP contribution < -0.4 is 4.90 Å².